The third-order valence-corrected chi connectivity index (χ3v) is 3.43. The first-order chi connectivity index (χ1) is 8.65. The van der Waals surface area contributed by atoms with E-state index in [1.807, 2.05) is 12.1 Å². The molecule has 2 aromatic carbocycles. The van der Waals surface area contributed by atoms with Gasteiger partial charge in [0, 0.05) is 16.1 Å². The zero-order valence-electron chi connectivity index (χ0n) is 9.60. The van der Waals surface area contributed by atoms with Crippen LogP contribution in [0.5, 0.6) is 0 Å². The maximum atomic E-state index is 12.7. The molecule has 2 N–H and O–H groups in total. The molecule has 0 aliphatic heterocycles. The van der Waals surface area contributed by atoms with E-state index in [1.54, 1.807) is 12.1 Å². The first kappa shape index (κ1) is 12.6. The molecule has 92 valence electrons. The summed E-state index contributed by atoms with van der Waals surface area (Å²) in [5.74, 6) is -0.0233. The summed E-state index contributed by atoms with van der Waals surface area (Å²) < 4.78 is 12.7. The number of hydrogen-bond donors (Lipinski definition) is 1. The second-order valence-corrected chi connectivity index (χ2v) is 4.84. The van der Waals surface area contributed by atoms with E-state index in [1.165, 1.54) is 36.0 Å². The van der Waals surface area contributed by atoms with Crippen LogP contribution in [0.2, 0.25) is 0 Å². The van der Waals surface area contributed by atoms with Gasteiger partial charge in [0.1, 0.15) is 5.82 Å². The van der Waals surface area contributed by atoms with Gasteiger partial charge < -0.3 is 5.73 Å². The van der Waals surface area contributed by atoms with E-state index < -0.39 is 0 Å². The molecule has 0 radical (unpaired) electrons. The molecule has 0 fully saturated rings. The molecule has 0 saturated heterocycles. The minimum atomic E-state index is -0.335. The molecule has 18 heavy (non-hydrogen) atoms. The number of Topliss-reactive ketones (excluding diaryl/α,β-unsaturated/α-hetero) is 1. The van der Waals surface area contributed by atoms with Gasteiger partial charge in [0.15, 0.2) is 5.78 Å². The van der Waals surface area contributed by atoms with E-state index in [2.05, 4.69) is 0 Å². The molecule has 0 saturated carbocycles. The lowest BCUT2D eigenvalue weighted by molar-refractivity contribution is 0.102. The van der Waals surface area contributed by atoms with Gasteiger partial charge in [-0.1, -0.05) is 0 Å². The minimum absolute atomic E-state index is 0.0168. The number of hydrogen-bond acceptors (Lipinski definition) is 3. The molecule has 0 bridgehead atoms. The van der Waals surface area contributed by atoms with Gasteiger partial charge in [0.2, 0.25) is 0 Å². The van der Waals surface area contributed by atoms with Gasteiger partial charge in [-0.2, -0.15) is 0 Å². The van der Waals surface area contributed by atoms with E-state index in [0.29, 0.717) is 17.0 Å². The largest absolute Gasteiger partial charge is 0.399 e. The second kappa shape index (κ2) is 5.69. The summed E-state index contributed by atoms with van der Waals surface area (Å²) >= 11 is 1.44. The Morgan fingerprint density at radius 2 is 1.67 bits per heavy atom. The van der Waals surface area contributed by atoms with Crippen LogP contribution >= 0.6 is 11.8 Å². The van der Waals surface area contributed by atoms with Crippen LogP contribution < -0.4 is 5.73 Å². The maximum Gasteiger partial charge on any atom is 0.173 e. The van der Waals surface area contributed by atoms with Crippen LogP contribution in [0.15, 0.2) is 53.4 Å². The van der Waals surface area contributed by atoms with E-state index in [0.717, 1.165) is 4.90 Å². The van der Waals surface area contributed by atoms with Crippen molar-refractivity contribution in [2.24, 2.45) is 0 Å². The van der Waals surface area contributed by atoms with Crippen molar-refractivity contribution < 1.29 is 9.18 Å². The Hall–Kier alpha value is -1.81. The highest BCUT2D eigenvalue weighted by Gasteiger charge is 2.06. The molecular weight excluding hydrogens is 249 g/mol. The Kier molecular flexibility index (Phi) is 3.99. The number of rotatable bonds is 4. The third-order valence-electron chi connectivity index (χ3n) is 2.42. The van der Waals surface area contributed by atoms with Gasteiger partial charge in [-0.15, -0.1) is 11.8 Å². The van der Waals surface area contributed by atoms with Gasteiger partial charge in [-0.3, -0.25) is 4.79 Å². The van der Waals surface area contributed by atoms with E-state index in [-0.39, 0.29) is 11.6 Å². The van der Waals surface area contributed by atoms with Crippen molar-refractivity contribution >= 4 is 23.2 Å². The van der Waals surface area contributed by atoms with Crippen LogP contribution in [0.3, 0.4) is 0 Å². The van der Waals surface area contributed by atoms with Crippen LogP contribution in [-0.4, -0.2) is 11.5 Å². The van der Waals surface area contributed by atoms with Gasteiger partial charge in [0.05, 0.1) is 5.75 Å². The predicted molar refractivity (Wildman–Crippen MR) is 72.3 cm³/mol. The first-order valence-corrected chi connectivity index (χ1v) is 6.41. The Bertz CT molecular complexity index is 537. The number of anilines is 1. The molecule has 0 aliphatic rings. The molecule has 2 rings (SSSR count). The van der Waals surface area contributed by atoms with Crippen LogP contribution in [0, 0.1) is 5.82 Å². The van der Waals surface area contributed by atoms with Crippen molar-refractivity contribution in [1.82, 2.24) is 0 Å². The zero-order chi connectivity index (χ0) is 13.0. The fourth-order valence-electron chi connectivity index (χ4n) is 1.43. The summed E-state index contributed by atoms with van der Waals surface area (Å²) in [6.07, 6.45) is 0. The number of carbonyl (C=O) groups is 1. The van der Waals surface area contributed by atoms with Gasteiger partial charge in [-0.05, 0) is 48.5 Å². The molecular formula is C14H12FNOS. The normalized spacial score (nSPS) is 10.3. The lowest BCUT2D eigenvalue weighted by Crippen LogP contribution is -2.02. The predicted octanol–water partition coefficient (Wildman–Crippen LogP) is 3.38. The molecule has 0 amide bonds. The van der Waals surface area contributed by atoms with E-state index in [9.17, 15) is 9.18 Å². The Morgan fingerprint density at radius 3 is 2.28 bits per heavy atom. The van der Waals surface area contributed by atoms with Gasteiger partial charge >= 0.3 is 0 Å². The quantitative estimate of drug-likeness (QED) is 0.521. The SMILES string of the molecule is Nc1ccc(SCC(=O)c2ccc(F)cc2)cc1. The standard InChI is InChI=1S/C14H12FNOS/c15-11-3-1-10(2-4-11)14(17)9-18-13-7-5-12(16)6-8-13/h1-8H,9,16H2. The minimum Gasteiger partial charge on any atom is -0.399 e. The molecule has 0 heterocycles. The highest BCUT2D eigenvalue weighted by Crippen LogP contribution is 2.20. The smallest absolute Gasteiger partial charge is 0.173 e. The first-order valence-electron chi connectivity index (χ1n) is 5.42. The van der Waals surface area contributed by atoms with E-state index >= 15 is 0 Å². The fourth-order valence-corrected chi connectivity index (χ4v) is 2.23. The number of thioether (sulfide) groups is 1. The summed E-state index contributed by atoms with van der Waals surface area (Å²) in [4.78, 5) is 12.8. The fraction of sp³-hybridized carbons (Fsp3) is 0.0714. The third kappa shape index (κ3) is 3.34. The highest BCUT2D eigenvalue weighted by molar-refractivity contribution is 8.00. The van der Waals surface area contributed by atoms with Crippen molar-refractivity contribution in [3.8, 4) is 0 Å². The molecule has 4 heteroatoms. The highest BCUT2D eigenvalue weighted by atomic mass is 32.2. The summed E-state index contributed by atoms with van der Waals surface area (Å²) in [6.45, 7) is 0. The number of nitrogens with two attached hydrogens (primary N) is 1. The topological polar surface area (TPSA) is 43.1 Å². The zero-order valence-corrected chi connectivity index (χ0v) is 10.4. The monoisotopic (exact) mass is 261 g/mol. The number of halogens is 1. The lowest BCUT2D eigenvalue weighted by atomic mass is 10.1. The molecule has 2 nitrogen and oxygen atoms in total. The van der Waals surface area contributed by atoms with Crippen molar-refractivity contribution in [3.05, 3.63) is 59.9 Å². The summed E-state index contributed by atoms with van der Waals surface area (Å²) in [5, 5.41) is 0. The van der Waals surface area contributed by atoms with Crippen LogP contribution in [-0.2, 0) is 0 Å². The van der Waals surface area contributed by atoms with Crippen LogP contribution in [0.4, 0.5) is 10.1 Å². The summed E-state index contributed by atoms with van der Waals surface area (Å²) in [6, 6.07) is 12.9. The van der Waals surface area contributed by atoms with Crippen molar-refractivity contribution in [3.63, 3.8) is 0 Å². The van der Waals surface area contributed by atoms with Crippen molar-refractivity contribution in [2.75, 3.05) is 11.5 Å². The molecule has 0 aliphatic carbocycles. The average Bonchev–Trinajstić information content (AvgIpc) is 2.38. The van der Waals surface area contributed by atoms with Gasteiger partial charge in [-0.25, -0.2) is 4.39 Å². The Labute approximate surface area is 109 Å². The number of nitrogen functional groups attached to an aromatic ring is 1. The van der Waals surface area contributed by atoms with Gasteiger partial charge in [0.25, 0.3) is 0 Å². The molecule has 0 unspecified atom stereocenters. The Balaban J connectivity index is 1.96. The summed E-state index contributed by atoms with van der Waals surface area (Å²) in [7, 11) is 0. The second-order valence-electron chi connectivity index (χ2n) is 3.79. The molecule has 0 atom stereocenters. The van der Waals surface area contributed by atoms with Crippen LogP contribution in [0.25, 0.3) is 0 Å². The summed E-state index contributed by atoms with van der Waals surface area (Å²) in [5.41, 5.74) is 6.80. The number of benzene rings is 2. The number of carbonyl (C=O) groups excluding carboxylic acids is 1. The number of ketones is 1. The lowest BCUT2D eigenvalue weighted by Gasteiger charge is -2.02. The van der Waals surface area contributed by atoms with Crippen molar-refractivity contribution in [1.29, 1.82) is 0 Å². The van der Waals surface area contributed by atoms with Crippen molar-refractivity contribution in [2.45, 2.75) is 4.90 Å². The average molecular weight is 261 g/mol. The molecule has 0 spiro atoms. The molecule has 0 aromatic heterocycles. The maximum absolute atomic E-state index is 12.7. The van der Waals surface area contributed by atoms with Crippen LogP contribution in [0.1, 0.15) is 10.4 Å². The molecule has 2 aromatic rings. The van der Waals surface area contributed by atoms with E-state index in [4.69, 9.17) is 5.73 Å². The Morgan fingerprint density at radius 1 is 1.06 bits per heavy atom.